The van der Waals surface area contributed by atoms with Crippen LogP contribution in [0.1, 0.15) is 17.3 Å². The highest BCUT2D eigenvalue weighted by molar-refractivity contribution is 7.89. The van der Waals surface area contributed by atoms with E-state index in [2.05, 4.69) is 10.6 Å². The SMILES string of the molecule is CC(=O)Nc1ccc(Cl)c(NC(=O)c2cccc(S(=O)(=O)N3CCOCC3)c2)c1. The fourth-order valence-corrected chi connectivity index (χ4v) is 4.45. The number of sulfonamides is 1. The normalized spacial score (nSPS) is 15.0. The van der Waals surface area contributed by atoms with E-state index in [1.54, 1.807) is 12.1 Å². The maximum absolute atomic E-state index is 12.8. The summed E-state index contributed by atoms with van der Waals surface area (Å²) in [6.07, 6.45) is 0. The third kappa shape index (κ3) is 5.13. The van der Waals surface area contributed by atoms with Crippen molar-refractivity contribution in [3.63, 3.8) is 0 Å². The van der Waals surface area contributed by atoms with Gasteiger partial charge < -0.3 is 15.4 Å². The molecule has 2 N–H and O–H groups in total. The van der Waals surface area contributed by atoms with E-state index in [0.29, 0.717) is 24.6 Å². The van der Waals surface area contributed by atoms with Gasteiger partial charge in [0.25, 0.3) is 5.91 Å². The zero-order chi connectivity index (χ0) is 21.0. The van der Waals surface area contributed by atoms with Gasteiger partial charge in [0.15, 0.2) is 0 Å². The molecule has 3 rings (SSSR count). The second kappa shape index (κ2) is 8.91. The van der Waals surface area contributed by atoms with Crippen molar-refractivity contribution in [2.24, 2.45) is 0 Å². The van der Waals surface area contributed by atoms with E-state index in [0.717, 1.165) is 0 Å². The third-order valence-electron chi connectivity index (χ3n) is 4.24. The lowest BCUT2D eigenvalue weighted by molar-refractivity contribution is -0.114. The van der Waals surface area contributed by atoms with Crippen molar-refractivity contribution >= 4 is 44.8 Å². The molecule has 1 fully saturated rings. The Morgan fingerprint density at radius 2 is 1.79 bits per heavy atom. The summed E-state index contributed by atoms with van der Waals surface area (Å²) in [5, 5.41) is 5.54. The van der Waals surface area contributed by atoms with Crippen molar-refractivity contribution in [1.82, 2.24) is 4.31 Å². The van der Waals surface area contributed by atoms with Crippen LogP contribution in [0.15, 0.2) is 47.4 Å². The molecule has 0 atom stereocenters. The van der Waals surface area contributed by atoms with E-state index in [1.165, 1.54) is 41.6 Å². The van der Waals surface area contributed by atoms with Crippen LogP contribution in [0.4, 0.5) is 11.4 Å². The minimum atomic E-state index is -3.72. The number of carbonyl (C=O) groups is 2. The largest absolute Gasteiger partial charge is 0.379 e. The molecule has 0 unspecified atom stereocenters. The number of hydrogen-bond donors (Lipinski definition) is 2. The first-order valence-corrected chi connectivity index (χ1v) is 10.7. The van der Waals surface area contributed by atoms with Crippen molar-refractivity contribution in [3.8, 4) is 0 Å². The van der Waals surface area contributed by atoms with E-state index in [9.17, 15) is 18.0 Å². The molecular formula is C19H20ClN3O5S. The van der Waals surface area contributed by atoms with Crippen LogP contribution in [0.5, 0.6) is 0 Å². The molecule has 1 aliphatic rings. The van der Waals surface area contributed by atoms with Gasteiger partial charge in [-0.2, -0.15) is 4.31 Å². The van der Waals surface area contributed by atoms with Crippen LogP contribution in [0.2, 0.25) is 5.02 Å². The molecule has 2 aromatic rings. The van der Waals surface area contributed by atoms with Gasteiger partial charge in [0.1, 0.15) is 0 Å². The summed E-state index contributed by atoms with van der Waals surface area (Å²) >= 11 is 6.13. The molecule has 0 saturated carbocycles. The topological polar surface area (TPSA) is 105 Å². The van der Waals surface area contributed by atoms with E-state index in [-0.39, 0.29) is 34.5 Å². The van der Waals surface area contributed by atoms with Crippen LogP contribution < -0.4 is 10.6 Å². The van der Waals surface area contributed by atoms with Gasteiger partial charge in [0.2, 0.25) is 15.9 Å². The van der Waals surface area contributed by atoms with Crippen molar-refractivity contribution < 1.29 is 22.7 Å². The molecule has 0 aliphatic carbocycles. The van der Waals surface area contributed by atoms with E-state index < -0.39 is 15.9 Å². The number of nitrogens with zero attached hydrogens (tertiary/aromatic N) is 1. The Morgan fingerprint density at radius 3 is 2.48 bits per heavy atom. The zero-order valence-corrected chi connectivity index (χ0v) is 17.2. The van der Waals surface area contributed by atoms with Gasteiger partial charge in [0, 0.05) is 31.3 Å². The van der Waals surface area contributed by atoms with Gasteiger partial charge >= 0.3 is 0 Å². The fourth-order valence-electron chi connectivity index (χ4n) is 2.83. The van der Waals surface area contributed by atoms with E-state index in [4.69, 9.17) is 16.3 Å². The number of anilines is 2. The van der Waals surface area contributed by atoms with Crippen LogP contribution in [0, 0.1) is 0 Å². The van der Waals surface area contributed by atoms with Crippen LogP contribution in [0.3, 0.4) is 0 Å². The monoisotopic (exact) mass is 437 g/mol. The second-order valence-electron chi connectivity index (χ2n) is 6.37. The average Bonchev–Trinajstić information content (AvgIpc) is 2.71. The summed E-state index contributed by atoms with van der Waals surface area (Å²) in [6, 6.07) is 10.5. The summed E-state index contributed by atoms with van der Waals surface area (Å²) in [5.74, 6) is -0.781. The predicted molar refractivity (Wildman–Crippen MR) is 110 cm³/mol. The first-order valence-electron chi connectivity index (χ1n) is 8.84. The lowest BCUT2D eigenvalue weighted by Gasteiger charge is -2.26. The molecule has 1 aliphatic heterocycles. The van der Waals surface area contributed by atoms with Crippen LogP contribution in [0.25, 0.3) is 0 Å². The number of rotatable bonds is 5. The lowest BCUT2D eigenvalue weighted by atomic mass is 10.2. The number of ether oxygens (including phenoxy) is 1. The Bertz CT molecular complexity index is 1040. The minimum absolute atomic E-state index is 0.0325. The first kappa shape index (κ1) is 21.3. The molecule has 0 aromatic heterocycles. The van der Waals surface area contributed by atoms with E-state index in [1.807, 2.05) is 0 Å². The van der Waals surface area contributed by atoms with Crippen LogP contribution in [-0.2, 0) is 19.6 Å². The van der Waals surface area contributed by atoms with Crippen LogP contribution in [-0.4, -0.2) is 50.8 Å². The Morgan fingerprint density at radius 1 is 1.07 bits per heavy atom. The Hall–Kier alpha value is -2.46. The van der Waals surface area contributed by atoms with Gasteiger partial charge in [0.05, 0.1) is 28.8 Å². The highest BCUT2D eigenvalue weighted by Crippen LogP contribution is 2.26. The second-order valence-corrected chi connectivity index (χ2v) is 8.72. The molecular weight excluding hydrogens is 418 g/mol. The molecule has 29 heavy (non-hydrogen) atoms. The minimum Gasteiger partial charge on any atom is -0.379 e. The number of carbonyl (C=O) groups excluding carboxylic acids is 2. The van der Waals surface area contributed by atoms with Gasteiger partial charge in [-0.05, 0) is 36.4 Å². The van der Waals surface area contributed by atoms with Gasteiger partial charge in [-0.1, -0.05) is 17.7 Å². The Kier molecular flexibility index (Phi) is 6.53. The standard InChI is InChI=1S/C19H20ClN3O5S/c1-13(24)21-15-5-6-17(20)18(12-15)22-19(25)14-3-2-4-16(11-14)29(26,27)23-7-9-28-10-8-23/h2-6,11-12H,7-10H2,1H3,(H,21,24)(H,22,25). The summed E-state index contributed by atoms with van der Waals surface area (Å²) < 4.78 is 32.1. The lowest BCUT2D eigenvalue weighted by Crippen LogP contribution is -2.40. The summed E-state index contributed by atoms with van der Waals surface area (Å²) in [6.45, 7) is 2.58. The number of nitrogens with one attached hydrogen (secondary N) is 2. The molecule has 8 nitrogen and oxygen atoms in total. The predicted octanol–water partition coefficient (Wildman–Crippen LogP) is 2.57. The highest BCUT2D eigenvalue weighted by atomic mass is 35.5. The van der Waals surface area contributed by atoms with Gasteiger partial charge in [-0.25, -0.2) is 8.42 Å². The molecule has 0 spiro atoms. The third-order valence-corrected chi connectivity index (χ3v) is 6.46. The first-order chi connectivity index (χ1) is 13.8. The quantitative estimate of drug-likeness (QED) is 0.748. The van der Waals surface area contributed by atoms with Crippen molar-refractivity contribution in [2.75, 3.05) is 36.9 Å². The zero-order valence-electron chi connectivity index (χ0n) is 15.6. The van der Waals surface area contributed by atoms with Crippen LogP contribution >= 0.6 is 11.6 Å². The van der Waals surface area contributed by atoms with Gasteiger partial charge in [-0.3, -0.25) is 9.59 Å². The Labute approximate surface area is 173 Å². The summed E-state index contributed by atoms with van der Waals surface area (Å²) in [7, 11) is -3.72. The maximum Gasteiger partial charge on any atom is 0.255 e. The Balaban J connectivity index is 1.82. The molecule has 2 aromatic carbocycles. The molecule has 1 saturated heterocycles. The van der Waals surface area contributed by atoms with Crippen molar-refractivity contribution in [1.29, 1.82) is 0 Å². The molecule has 10 heteroatoms. The average molecular weight is 438 g/mol. The summed E-state index contributed by atoms with van der Waals surface area (Å²) in [5.41, 5.74) is 0.936. The molecule has 0 bridgehead atoms. The smallest absolute Gasteiger partial charge is 0.255 e. The number of hydrogen-bond acceptors (Lipinski definition) is 5. The molecule has 0 radical (unpaired) electrons. The fraction of sp³-hybridized carbons (Fsp3) is 0.263. The van der Waals surface area contributed by atoms with Crippen molar-refractivity contribution in [3.05, 3.63) is 53.1 Å². The number of benzene rings is 2. The highest BCUT2D eigenvalue weighted by Gasteiger charge is 2.27. The van der Waals surface area contributed by atoms with E-state index >= 15 is 0 Å². The number of amides is 2. The molecule has 1 heterocycles. The molecule has 2 amide bonds. The van der Waals surface area contributed by atoms with Crippen molar-refractivity contribution in [2.45, 2.75) is 11.8 Å². The molecule has 154 valence electrons. The maximum atomic E-state index is 12.8. The van der Waals surface area contributed by atoms with Gasteiger partial charge in [-0.15, -0.1) is 0 Å². The number of halogens is 1. The summed E-state index contributed by atoms with van der Waals surface area (Å²) in [4.78, 5) is 23.9. The number of morpholine rings is 1.